The Morgan fingerprint density at radius 1 is 0.739 bits per heavy atom. The van der Waals surface area contributed by atoms with E-state index >= 15 is 4.39 Å². The summed E-state index contributed by atoms with van der Waals surface area (Å²) in [6.45, 7) is 13.0. The molecule has 2 aliphatic rings. The molecule has 9 aromatic rings. The van der Waals surface area contributed by atoms with E-state index in [2.05, 4.69) is 35.6 Å². The van der Waals surface area contributed by atoms with Crippen molar-refractivity contribution in [3.63, 3.8) is 0 Å². The maximum absolute atomic E-state index is 18.0. The summed E-state index contributed by atoms with van der Waals surface area (Å²) in [6.07, 6.45) is -6.88. The maximum atomic E-state index is 18.0. The fourth-order valence-electron chi connectivity index (χ4n) is 11.4. The average molecular weight is 1310 g/mol. The van der Waals surface area contributed by atoms with Gasteiger partial charge in [0.1, 0.15) is 0 Å². The number of aromatic amines is 1. The summed E-state index contributed by atoms with van der Waals surface area (Å²) in [5, 5.41) is 2.45. The molecule has 4 aromatic heterocycles. The van der Waals surface area contributed by atoms with Gasteiger partial charge in [0.25, 0.3) is 0 Å². The van der Waals surface area contributed by atoms with Gasteiger partial charge < -0.3 is 0 Å². The second-order valence-corrected chi connectivity index (χ2v) is 34.1. The van der Waals surface area contributed by atoms with E-state index < -0.39 is 109 Å². The molecule has 92 heavy (non-hydrogen) atoms. The van der Waals surface area contributed by atoms with Gasteiger partial charge in [0.2, 0.25) is 0 Å². The van der Waals surface area contributed by atoms with E-state index in [1.54, 1.807) is 76.6 Å². The number of carbonyl (C=O) groups excluding carboxylic acids is 3. The molecule has 0 saturated carbocycles. The number of rotatable bonds is 21. The molecule has 0 aliphatic carbocycles. The Labute approximate surface area is 534 Å². The van der Waals surface area contributed by atoms with Crippen molar-refractivity contribution in [1.82, 2.24) is 39.0 Å². The van der Waals surface area contributed by atoms with Gasteiger partial charge in [-0.15, -0.1) is 0 Å². The van der Waals surface area contributed by atoms with Crippen molar-refractivity contribution in [1.29, 1.82) is 0 Å². The Kier molecular flexibility index (Phi) is 18.2. The van der Waals surface area contributed by atoms with Crippen LogP contribution in [0.15, 0.2) is 163 Å². The Bertz CT molecular complexity index is 4150. The quantitative estimate of drug-likeness (QED) is 0.0169. The van der Waals surface area contributed by atoms with Gasteiger partial charge in [0.15, 0.2) is 0 Å². The van der Waals surface area contributed by atoms with Crippen molar-refractivity contribution in [3.8, 4) is 11.5 Å². The first-order valence-electron chi connectivity index (χ1n) is 29.7. The molecule has 2 saturated heterocycles. The van der Waals surface area contributed by atoms with Crippen molar-refractivity contribution >= 4 is 79.2 Å². The molecular weight excluding hydrogens is 1240 g/mol. The molecule has 2 amide bonds. The summed E-state index contributed by atoms with van der Waals surface area (Å²) < 4.78 is 59.6. The van der Waals surface area contributed by atoms with Crippen LogP contribution in [0.4, 0.5) is 16.2 Å². The van der Waals surface area contributed by atoms with Crippen LogP contribution in [-0.4, -0.2) is 142 Å². The summed E-state index contributed by atoms with van der Waals surface area (Å²) in [5.41, 5.74) is -1.93. The number of nitrogens with zero attached hydrogens (tertiary/aromatic N) is 7. The first kappa shape index (κ1) is 65.2. The van der Waals surface area contributed by atoms with Crippen LogP contribution in [0.25, 0.3) is 22.3 Å². The van der Waals surface area contributed by atoms with Crippen molar-refractivity contribution in [2.24, 2.45) is 5.92 Å². The average Bonchev–Trinajstić information content (AvgIpc) is 1.51. The molecule has 0 unspecified atom stereocenters. The molecule has 482 valence electrons. The predicted octanol–water partition coefficient (Wildman–Crippen LogP) is 9.94. The molecule has 8 atom stereocenters. The van der Waals surface area contributed by atoms with E-state index in [1.165, 1.54) is 33.9 Å². The first-order valence-corrected chi connectivity index (χ1v) is 35.9. The third kappa shape index (κ3) is 12.8. The summed E-state index contributed by atoms with van der Waals surface area (Å²) in [7, 11) is -6.78. The number of thioether (sulfide) groups is 1. The summed E-state index contributed by atoms with van der Waals surface area (Å²) in [5.74, 6) is -1.60. The van der Waals surface area contributed by atoms with E-state index in [1.807, 2.05) is 113 Å². The minimum absolute atomic E-state index is 0.0198. The summed E-state index contributed by atoms with van der Waals surface area (Å²) >= 11 is 1.13. The Balaban J connectivity index is 1.07. The molecule has 0 radical (unpaired) electrons. The van der Waals surface area contributed by atoms with E-state index in [0.717, 1.165) is 18.1 Å². The predicted molar refractivity (Wildman–Crippen MR) is 349 cm³/mol. The van der Waals surface area contributed by atoms with Crippen molar-refractivity contribution in [2.75, 3.05) is 37.6 Å². The number of carbonyl (C=O) groups is 3. The molecule has 0 spiro atoms. The SMILES string of the molecule is COc1ccc(C(OC[C@H]2S[C@@H](n3cnc4c(=O)[nH]c(NC(=O)C(C)C)nc43)[C@H](P(O)(O)(O)C[C@@H]3O[C@@H](n4cnc5c(NC(=O)c6ccccc6)ncnc54)[C@@H](F)[C@@H]3OC(=O)c3ccccc3)[C@@H]2O[Si](C)(C)C(C)(C)C)(c2ccccc2)c2ccc(OC)cc2)cc1. The van der Waals surface area contributed by atoms with Crippen LogP contribution in [-0.2, 0) is 29.0 Å². The van der Waals surface area contributed by atoms with Gasteiger partial charge in [-0.05, 0) is 0 Å². The Morgan fingerprint density at radius 3 is 1.89 bits per heavy atom. The van der Waals surface area contributed by atoms with Crippen molar-refractivity contribution in [3.05, 3.63) is 197 Å². The van der Waals surface area contributed by atoms with Gasteiger partial charge in [0.05, 0.1) is 0 Å². The number of methoxy groups -OCH3 is 2. The first-order chi connectivity index (χ1) is 43.8. The number of fused-ring (bicyclic) bond motifs is 2. The number of imidazole rings is 2. The molecule has 5 aromatic carbocycles. The van der Waals surface area contributed by atoms with Crippen LogP contribution in [0.2, 0.25) is 18.1 Å². The molecule has 27 heteroatoms. The number of nitrogens with one attached hydrogen (secondary N) is 3. The number of esters is 1. The normalized spacial score (nSPS) is 20.8. The van der Waals surface area contributed by atoms with Gasteiger partial charge in [-0.1, -0.05) is 18.2 Å². The Morgan fingerprint density at radius 2 is 1.30 bits per heavy atom. The van der Waals surface area contributed by atoms with Crippen molar-refractivity contribution in [2.45, 2.75) is 105 Å². The van der Waals surface area contributed by atoms with Crippen LogP contribution in [0, 0.1) is 5.92 Å². The standard InChI is InChI=1S/C65H72FN10O13PSSi/c1-38(2)57(77)73-63-72-56-50(59(79)74-63)70-37-76(56)61-53(52(89-92(8,9)64(3,4)5)47(91-61)33-86-65(41-23-17-12-18-24-41,42-25-29-44(84-6)30-26-42)43-27-31-45(85-7)32-28-43)90(81,82,83)34-46-51(88-62(80)40-21-15-11-16-22-40)48(66)60(87-46)75-36-69-49-54(67-35-68-55(49)75)71-58(78)39-19-13-10-14-20-39/h10-32,35-38,46-48,51-53,60-61,81-83H,33-34H2,1-9H3,(H,67,68,71,78)(H2,72,73,74,77,79)/t46-,47+,48-,51+,52+,53+,60+,61+/m0/s1. The monoisotopic (exact) mass is 1310 g/mol. The zero-order chi connectivity index (χ0) is 65.5. The zero-order valence-corrected chi connectivity index (χ0v) is 54.6. The fraction of sp³-hybridized carbons (Fsp3) is 0.338. The topological polar surface area (TPSA) is 299 Å². The Hall–Kier alpha value is -8.30. The van der Waals surface area contributed by atoms with Gasteiger partial charge in [-0.2, -0.15) is 0 Å². The number of H-pyrrole nitrogens is 1. The molecule has 2 fully saturated rings. The number of amides is 2. The number of hydrogen-bond acceptors (Lipinski definition) is 19. The summed E-state index contributed by atoms with van der Waals surface area (Å²) in [4.78, 5) is 121. The third-order valence-electron chi connectivity index (χ3n) is 17.2. The van der Waals surface area contributed by atoms with Crippen LogP contribution in [0.5, 0.6) is 11.5 Å². The molecular formula is C65H72FN10O13PSSi. The number of benzene rings is 5. The van der Waals surface area contributed by atoms with Crippen LogP contribution < -0.4 is 25.7 Å². The number of halogens is 1. The van der Waals surface area contributed by atoms with Crippen LogP contribution >= 0.6 is 19.0 Å². The molecule has 0 bridgehead atoms. The van der Waals surface area contributed by atoms with Gasteiger partial charge in [0, 0.05) is 0 Å². The number of alkyl halides is 1. The number of hydrogen-bond donors (Lipinski definition) is 6. The van der Waals surface area contributed by atoms with E-state index in [4.69, 9.17) is 33.1 Å². The second-order valence-electron chi connectivity index (χ2n) is 24.6. The number of anilines is 2. The molecule has 6 heterocycles. The van der Waals surface area contributed by atoms with Crippen LogP contribution in [0.1, 0.15) is 83.6 Å². The number of aromatic nitrogens is 8. The van der Waals surface area contributed by atoms with Gasteiger partial charge in [-0.3, -0.25) is 0 Å². The molecule has 23 nitrogen and oxygen atoms in total. The fourth-order valence-corrected chi connectivity index (χ4v) is 18.2. The van der Waals surface area contributed by atoms with Crippen molar-refractivity contribution < 1.29 is 61.6 Å². The molecule has 6 N–H and O–H groups in total. The zero-order valence-electron chi connectivity index (χ0n) is 51.9. The van der Waals surface area contributed by atoms with Gasteiger partial charge in [-0.25, -0.2) is 0 Å². The third-order valence-corrected chi connectivity index (χ3v) is 26.3. The number of ether oxygens (including phenoxy) is 5. The summed E-state index contributed by atoms with van der Waals surface area (Å²) in [6, 6.07) is 40.5. The van der Waals surface area contributed by atoms with E-state index in [0.29, 0.717) is 33.8 Å². The second kappa shape index (κ2) is 25.6. The van der Waals surface area contributed by atoms with Gasteiger partial charge >= 0.3 is 519 Å². The molecule has 2 aliphatic heterocycles. The molecule has 11 rings (SSSR count). The van der Waals surface area contributed by atoms with E-state index in [-0.39, 0.29) is 46.3 Å². The van der Waals surface area contributed by atoms with E-state index in [9.17, 15) is 33.9 Å². The minimum atomic E-state index is -6.75. The van der Waals surface area contributed by atoms with Crippen LogP contribution in [0.3, 0.4) is 0 Å².